The highest BCUT2D eigenvalue weighted by atomic mass is 79.9. The summed E-state index contributed by atoms with van der Waals surface area (Å²) in [6.45, 7) is 5.07. The molecule has 3 aromatic carbocycles. The number of morpholine rings is 1. The smallest absolute Gasteiger partial charge is 0.335 e. The number of fused-ring (bicyclic) bond motifs is 2. The highest BCUT2D eigenvalue weighted by molar-refractivity contribution is 9.10. The van der Waals surface area contributed by atoms with Crippen molar-refractivity contribution in [2.45, 2.75) is 44.6 Å². The highest BCUT2D eigenvalue weighted by Crippen LogP contribution is 2.44. The molecule has 0 radical (unpaired) electrons. The number of carbonyl (C=O) groups is 1. The number of aromatic carboxylic acids is 1. The normalized spacial score (nSPS) is 16.7. The number of ether oxygens (including phenoxy) is 1. The van der Waals surface area contributed by atoms with Gasteiger partial charge < -0.3 is 14.4 Å². The third-order valence-corrected chi connectivity index (χ3v) is 9.71. The van der Waals surface area contributed by atoms with Crippen LogP contribution in [0.25, 0.3) is 44.3 Å². The Labute approximate surface area is 260 Å². The van der Waals surface area contributed by atoms with Gasteiger partial charge in [0.25, 0.3) is 0 Å². The minimum absolute atomic E-state index is 0.337. The average Bonchev–Trinajstić information content (AvgIpc) is 3.38. The zero-order valence-corrected chi connectivity index (χ0v) is 25.9. The predicted octanol–water partition coefficient (Wildman–Crippen LogP) is 8.36. The van der Waals surface area contributed by atoms with E-state index < -0.39 is 5.97 Å². The van der Waals surface area contributed by atoms with Crippen molar-refractivity contribution in [1.82, 2.24) is 14.5 Å². The monoisotopic (exact) mass is 637 g/mol. The summed E-state index contributed by atoms with van der Waals surface area (Å²) in [6.07, 6.45) is 6.10. The lowest BCUT2D eigenvalue weighted by molar-refractivity contribution is 0.0366. The van der Waals surface area contributed by atoms with Crippen molar-refractivity contribution >= 4 is 43.7 Å². The summed E-state index contributed by atoms with van der Waals surface area (Å²) in [5, 5.41) is 12.2. The molecule has 0 atom stereocenters. The predicted molar refractivity (Wildman–Crippen MR) is 176 cm³/mol. The van der Waals surface area contributed by atoms with E-state index in [0.717, 1.165) is 71.5 Å². The molecule has 2 aliphatic rings. The molecule has 1 N–H and O–H groups in total. The first-order valence-electron chi connectivity index (χ1n) is 15.4. The number of carboxylic acids is 1. The summed E-state index contributed by atoms with van der Waals surface area (Å²) in [6, 6.07) is 24.9. The second-order valence-corrected chi connectivity index (χ2v) is 12.8. The minimum Gasteiger partial charge on any atom is -0.478 e. The van der Waals surface area contributed by atoms with Crippen molar-refractivity contribution in [1.29, 1.82) is 0 Å². The van der Waals surface area contributed by atoms with Crippen molar-refractivity contribution in [3.05, 3.63) is 88.4 Å². The lowest BCUT2D eigenvalue weighted by Gasteiger charge is -2.27. The van der Waals surface area contributed by atoms with Gasteiger partial charge in [0.15, 0.2) is 0 Å². The first kappa shape index (κ1) is 28.3. The molecule has 1 aliphatic heterocycles. The average molecular weight is 639 g/mol. The van der Waals surface area contributed by atoms with Crippen LogP contribution in [-0.4, -0.2) is 58.4 Å². The number of hydrogen-bond donors (Lipinski definition) is 1. The summed E-state index contributed by atoms with van der Waals surface area (Å²) in [5.74, 6) is -0.420. The maximum absolute atomic E-state index is 12.1. The Kier molecular flexibility index (Phi) is 8.04. The van der Waals surface area contributed by atoms with Gasteiger partial charge in [-0.25, -0.2) is 9.78 Å². The number of carboxylic acid groups (broad SMARTS) is 1. The number of aromatic nitrogens is 2. The number of hydrogen-bond acceptors (Lipinski definition) is 4. The molecule has 2 aromatic heterocycles. The van der Waals surface area contributed by atoms with Gasteiger partial charge in [-0.2, -0.15) is 0 Å². The summed E-state index contributed by atoms with van der Waals surface area (Å²) < 4.78 is 9.05. The lowest BCUT2D eigenvalue weighted by Crippen LogP contribution is -2.38. The largest absolute Gasteiger partial charge is 0.478 e. The number of nitrogens with zero attached hydrogens (tertiary/aromatic N) is 3. The van der Waals surface area contributed by atoms with Crippen molar-refractivity contribution in [2.24, 2.45) is 0 Å². The van der Waals surface area contributed by atoms with Crippen LogP contribution in [0.3, 0.4) is 0 Å². The Bertz CT molecular complexity index is 1780. The van der Waals surface area contributed by atoms with E-state index in [0.29, 0.717) is 11.5 Å². The van der Waals surface area contributed by atoms with Crippen molar-refractivity contribution in [3.63, 3.8) is 0 Å². The van der Waals surface area contributed by atoms with E-state index in [1.54, 1.807) is 6.07 Å². The van der Waals surface area contributed by atoms with Crippen LogP contribution in [0.1, 0.15) is 53.9 Å². The van der Waals surface area contributed by atoms with Gasteiger partial charge in [-0.3, -0.25) is 4.90 Å². The molecule has 43 heavy (non-hydrogen) atoms. The molecule has 6 nitrogen and oxygen atoms in total. The van der Waals surface area contributed by atoms with Crippen LogP contribution in [0.15, 0.2) is 77.3 Å². The van der Waals surface area contributed by atoms with Gasteiger partial charge in [-0.1, -0.05) is 71.6 Å². The quantitative estimate of drug-likeness (QED) is 0.194. The van der Waals surface area contributed by atoms with Gasteiger partial charge in [-0.05, 0) is 66.3 Å². The maximum atomic E-state index is 12.1. The first-order chi connectivity index (χ1) is 21.0. The number of halogens is 1. The van der Waals surface area contributed by atoms with E-state index in [1.165, 1.54) is 54.3 Å². The SMILES string of the molecule is O=C(O)c1ccc2c(C3CCCCC3)c(-c3ccc(-c4ccc5cc(Br)ccc5n4)cc3)n(CCN3CCOCC3)c2c1. The van der Waals surface area contributed by atoms with Crippen LogP contribution in [0.5, 0.6) is 0 Å². The molecule has 0 spiro atoms. The molecule has 1 aliphatic carbocycles. The van der Waals surface area contributed by atoms with E-state index in [2.05, 4.69) is 73.9 Å². The fourth-order valence-electron chi connectivity index (χ4n) is 6.98. The van der Waals surface area contributed by atoms with E-state index in [-0.39, 0.29) is 0 Å². The fraction of sp³-hybridized carbons (Fsp3) is 0.333. The Balaban J connectivity index is 1.34. The first-order valence-corrected chi connectivity index (χ1v) is 16.2. The van der Waals surface area contributed by atoms with E-state index in [9.17, 15) is 9.90 Å². The maximum Gasteiger partial charge on any atom is 0.335 e. The van der Waals surface area contributed by atoms with Crippen LogP contribution in [0.4, 0.5) is 0 Å². The van der Waals surface area contributed by atoms with Crippen molar-refractivity contribution < 1.29 is 14.6 Å². The summed E-state index contributed by atoms with van der Waals surface area (Å²) in [7, 11) is 0. The molecule has 1 saturated heterocycles. The molecule has 0 bridgehead atoms. The van der Waals surface area contributed by atoms with E-state index in [1.807, 2.05) is 18.2 Å². The Morgan fingerprint density at radius 2 is 1.65 bits per heavy atom. The second-order valence-electron chi connectivity index (χ2n) is 11.9. The van der Waals surface area contributed by atoms with Crippen LogP contribution in [0.2, 0.25) is 0 Å². The minimum atomic E-state index is -0.886. The molecule has 7 rings (SSSR count). The van der Waals surface area contributed by atoms with Gasteiger partial charge in [0, 0.05) is 52.5 Å². The summed E-state index contributed by atoms with van der Waals surface area (Å²) >= 11 is 3.56. The molecule has 7 heteroatoms. The third-order valence-electron chi connectivity index (χ3n) is 9.21. The molecule has 1 saturated carbocycles. The van der Waals surface area contributed by atoms with Gasteiger partial charge in [0.05, 0.1) is 35.7 Å². The highest BCUT2D eigenvalue weighted by Gasteiger charge is 2.27. The molecule has 0 unspecified atom stereocenters. The fourth-order valence-corrected chi connectivity index (χ4v) is 7.36. The van der Waals surface area contributed by atoms with Crippen LogP contribution >= 0.6 is 15.9 Å². The number of rotatable bonds is 7. The van der Waals surface area contributed by atoms with E-state index in [4.69, 9.17) is 9.72 Å². The summed E-state index contributed by atoms with van der Waals surface area (Å²) in [5.41, 5.74) is 8.16. The molecule has 3 heterocycles. The molecule has 5 aromatic rings. The van der Waals surface area contributed by atoms with Crippen LogP contribution in [-0.2, 0) is 11.3 Å². The standard InChI is InChI=1S/C36H36BrN3O3/c37-29-12-15-32-27(22-29)11-14-31(38-32)24-6-8-26(9-7-24)35-34(25-4-2-1-3-5-25)30-13-10-28(36(41)42)23-33(30)40(35)17-16-39-18-20-43-21-19-39/h6-15,22-23,25H,1-5,16-21H2,(H,41,42). The van der Waals surface area contributed by atoms with Crippen LogP contribution < -0.4 is 0 Å². The zero-order chi connectivity index (χ0) is 29.3. The molecule has 2 fully saturated rings. The van der Waals surface area contributed by atoms with Crippen molar-refractivity contribution in [3.8, 4) is 22.5 Å². The zero-order valence-electron chi connectivity index (χ0n) is 24.3. The molecule has 220 valence electrons. The van der Waals surface area contributed by atoms with Gasteiger partial charge in [0.1, 0.15) is 0 Å². The number of pyridine rings is 1. The third kappa shape index (κ3) is 5.74. The Morgan fingerprint density at radius 3 is 2.42 bits per heavy atom. The van der Waals surface area contributed by atoms with Gasteiger partial charge >= 0.3 is 5.97 Å². The molecule has 0 amide bonds. The second kappa shape index (κ2) is 12.2. The Hall–Kier alpha value is -3.52. The van der Waals surface area contributed by atoms with Gasteiger partial charge in [-0.15, -0.1) is 0 Å². The number of benzene rings is 3. The van der Waals surface area contributed by atoms with Crippen LogP contribution in [0, 0.1) is 0 Å². The topological polar surface area (TPSA) is 67.6 Å². The summed E-state index contributed by atoms with van der Waals surface area (Å²) in [4.78, 5) is 19.4. The molecular formula is C36H36BrN3O3. The van der Waals surface area contributed by atoms with E-state index >= 15 is 0 Å². The Morgan fingerprint density at radius 1 is 0.884 bits per heavy atom. The molecular weight excluding hydrogens is 602 g/mol. The van der Waals surface area contributed by atoms with Gasteiger partial charge in [0.2, 0.25) is 0 Å². The van der Waals surface area contributed by atoms with Crippen molar-refractivity contribution in [2.75, 3.05) is 32.8 Å². The lowest BCUT2D eigenvalue weighted by atomic mass is 9.81.